The Kier molecular flexibility index (Phi) is 2.90. The van der Waals surface area contributed by atoms with E-state index in [4.69, 9.17) is 9.47 Å². The fourth-order valence-corrected chi connectivity index (χ4v) is 1.02. The minimum atomic E-state index is -0.283. The summed E-state index contributed by atoms with van der Waals surface area (Å²) in [6.45, 7) is 3.50. The van der Waals surface area contributed by atoms with Crippen molar-refractivity contribution in [1.82, 2.24) is 0 Å². The minimum Gasteiger partial charge on any atom is -0.465 e. The second-order valence-corrected chi connectivity index (χ2v) is 3.56. The largest absolute Gasteiger partial charge is 0.465 e. The van der Waals surface area contributed by atoms with E-state index in [1.165, 1.54) is 13.8 Å². The first-order chi connectivity index (χ1) is 6.04. The summed E-state index contributed by atoms with van der Waals surface area (Å²) in [6, 6.07) is 0. The van der Waals surface area contributed by atoms with Crippen molar-refractivity contribution in [3.63, 3.8) is 0 Å². The van der Waals surface area contributed by atoms with Gasteiger partial charge in [-0.05, 0) is 12.8 Å². The number of hydrogen-bond acceptors (Lipinski definition) is 4. The molecule has 0 saturated heterocycles. The Hall–Kier alpha value is -1.06. The molecule has 0 bridgehead atoms. The van der Waals surface area contributed by atoms with E-state index in [1.54, 1.807) is 0 Å². The van der Waals surface area contributed by atoms with Gasteiger partial charge < -0.3 is 9.47 Å². The number of carbonyl (C=O) groups is 2. The first-order valence-corrected chi connectivity index (χ1v) is 4.31. The maximum Gasteiger partial charge on any atom is 0.302 e. The number of esters is 2. The molecule has 0 amide bonds. The first kappa shape index (κ1) is 10.0. The van der Waals surface area contributed by atoms with Crippen LogP contribution in [0.15, 0.2) is 0 Å². The lowest BCUT2D eigenvalue weighted by Gasteiger charge is -2.13. The summed E-state index contributed by atoms with van der Waals surface area (Å²) in [6.07, 6.45) is 1.93. The van der Waals surface area contributed by atoms with Gasteiger partial charge in [0.2, 0.25) is 0 Å². The van der Waals surface area contributed by atoms with Gasteiger partial charge in [-0.25, -0.2) is 0 Å². The van der Waals surface area contributed by atoms with E-state index in [0.717, 1.165) is 12.8 Å². The Balaban J connectivity index is 2.22. The maximum absolute atomic E-state index is 10.5. The number of rotatable bonds is 4. The summed E-state index contributed by atoms with van der Waals surface area (Å²) in [5.74, 6) is -0.566. The van der Waals surface area contributed by atoms with Gasteiger partial charge in [-0.15, -0.1) is 0 Å². The van der Waals surface area contributed by atoms with Crippen LogP contribution in [0.1, 0.15) is 26.7 Å². The lowest BCUT2D eigenvalue weighted by atomic mass is 10.1. The van der Waals surface area contributed by atoms with E-state index in [-0.39, 0.29) is 17.4 Å². The molecule has 0 spiro atoms. The third-order valence-corrected chi connectivity index (χ3v) is 2.12. The minimum absolute atomic E-state index is 0.0721. The van der Waals surface area contributed by atoms with Crippen molar-refractivity contribution in [2.45, 2.75) is 26.7 Å². The standard InChI is InChI=1S/C9H14O4/c1-7(10)12-5-9(3-4-9)6-13-8(2)11/h3-6H2,1-2H3. The van der Waals surface area contributed by atoms with Gasteiger partial charge in [0, 0.05) is 19.3 Å². The van der Waals surface area contributed by atoms with Gasteiger partial charge in [0.15, 0.2) is 0 Å². The number of carbonyl (C=O) groups excluding carboxylic acids is 2. The van der Waals surface area contributed by atoms with Gasteiger partial charge in [0.05, 0.1) is 0 Å². The zero-order valence-electron chi connectivity index (χ0n) is 7.96. The molecule has 1 fully saturated rings. The fraction of sp³-hybridized carbons (Fsp3) is 0.778. The van der Waals surface area contributed by atoms with E-state index in [2.05, 4.69) is 0 Å². The second kappa shape index (κ2) is 3.77. The first-order valence-electron chi connectivity index (χ1n) is 4.31. The molecule has 0 radical (unpaired) electrons. The van der Waals surface area contributed by atoms with E-state index in [1.807, 2.05) is 0 Å². The van der Waals surface area contributed by atoms with Crippen LogP contribution in [0.3, 0.4) is 0 Å². The van der Waals surface area contributed by atoms with E-state index >= 15 is 0 Å². The summed E-state index contributed by atoms with van der Waals surface area (Å²) < 4.78 is 9.74. The summed E-state index contributed by atoms with van der Waals surface area (Å²) in [5.41, 5.74) is -0.0721. The molecule has 4 nitrogen and oxygen atoms in total. The average Bonchev–Trinajstić information content (AvgIpc) is 2.78. The van der Waals surface area contributed by atoms with Crippen LogP contribution in [0.4, 0.5) is 0 Å². The molecular weight excluding hydrogens is 172 g/mol. The summed E-state index contributed by atoms with van der Waals surface area (Å²) >= 11 is 0. The SMILES string of the molecule is CC(=O)OCC1(COC(C)=O)CC1. The molecule has 0 N–H and O–H groups in total. The average molecular weight is 186 g/mol. The molecule has 74 valence electrons. The van der Waals surface area contributed by atoms with Crippen LogP contribution in [0.2, 0.25) is 0 Å². The van der Waals surface area contributed by atoms with E-state index in [9.17, 15) is 9.59 Å². The molecule has 0 aromatic carbocycles. The van der Waals surface area contributed by atoms with Crippen LogP contribution in [-0.4, -0.2) is 25.2 Å². The Morgan fingerprint density at radius 2 is 1.46 bits per heavy atom. The highest BCUT2D eigenvalue weighted by molar-refractivity contribution is 5.66. The molecule has 0 aromatic rings. The van der Waals surface area contributed by atoms with Crippen LogP contribution < -0.4 is 0 Å². The fourth-order valence-electron chi connectivity index (χ4n) is 1.02. The monoisotopic (exact) mass is 186 g/mol. The summed E-state index contributed by atoms with van der Waals surface area (Å²) in [4.78, 5) is 21.1. The Morgan fingerprint density at radius 1 is 1.08 bits per heavy atom. The van der Waals surface area contributed by atoms with Crippen molar-refractivity contribution in [3.05, 3.63) is 0 Å². The molecule has 1 aliphatic carbocycles. The molecule has 0 atom stereocenters. The van der Waals surface area contributed by atoms with Crippen molar-refractivity contribution in [2.24, 2.45) is 5.41 Å². The van der Waals surface area contributed by atoms with Crippen LogP contribution in [0.25, 0.3) is 0 Å². The highest BCUT2D eigenvalue weighted by Gasteiger charge is 2.45. The molecule has 0 unspecified atom stereocenters. The molecule has 4 heteroatoms. The lowest BCUT2D eigenvalue weighted by molar-refractivity contribution is -0.147. The zero-order valence-corrected chi connectivity index (χ0v) is 7.96. The van der Waals surface area contributed by atoms with Crippen molar-refractivity contribution < 1.29 is 19.1 Å². The zero-order chi connectivity index (χ0) is 9.90. The highest BCUT2D eigenvalue weighted by atomic mass is 16.5. The summed E-state index contributed by atoms with van der Waals surface area (Å²) in [7, 11) is 0. The molecule has 0 aromatic heterocycles. The van der Waals surface area contributed by atoms with Gasteiger partial charge in [-0.1, -0.05) is 0 Å². The predicted molar refractivity (Wildman–Crippen MR) is 44.9 cm³/mol. The third-order valence-electron chi connectivity index (χ3n) is 2.12. The quantitative estimate of drug-likeness (QED) is 0.612. The van der Waals surface area contributed by atoms with Gasteiger partial charge >= 0.3 is 11.9 Å². The molecule has 1 saturated carbocycles. The van der Waals surface area contributed by atoms with Gasteiger partial charge in [0.25, 0.3) is 0 Å². The van der Waals surface area contributed by atoms with Crippen LogP contribution in [0, 0.1) is 5.41 Å². The smallest absolute Gasteiger partial charge is 0.302 e. The van der Waals surface area contributed by atoms with Crippen molar-refractivity contribution in [2.75, 3.05) is 13.2 Å². The highest BCUT2D eigenvalue weighted by Crippen LogP contribution is 2.46. The topological polar surface area (TPSA) is 52.6 Å². The Bertz CT molecular complexity index is 198. The van der Waals surface area contributed by atoms with Crippen LogP contribution in [0.5, 0.6) is 0 Å². The van der Waals surface area contributed by atoms with Crippen molar-refractivity contribution in [1.29, 1.82) is 0 Å². The maximum atomic E-state index is 10.5. The third kappa shape index (κ3) is 3.44. The van der Waals surface area contributed by atoms with E-state index < -0.39 is 0 Å². The molecule has 1 aliphatic rings. The van der Waals surface area contributed by atoms with Gasteiger partial charge in [-0.3, -0.25) is 9.59 Å². The molecule has 0 aliphatic heterocycles. The molecule has 1 rings (SSSR count). The van der Waals surface area contributed by atoms with Crippen LogP contribution >= 0.6 is 0 Å². The molecule has 13 heavy (non-hydrogen) atoms. The Labute approximate surface area is 77.2 Å². The number of ether oxygens (including phenoxy) is 2. The lowest BCUT2D eigenvalue weighted by Crippen LogP contribution is -2.20. The van der Waals surface area contributed by atoms with Crippen molar-refractivity contribution in [3.8, 4) is 0 Å². The van der Waals surface area contributed by atoms with Crippen molar-refractivity contribution >= 4 is 11.9 Å². The summed E-state index contributed by atoms with van der Waals surface area (Å²) in [5, 5.41) is 0. The Morgan fingerprint density at radius 3 is 1.69 bits per heavy atom. The molecule has 0 heterocycles. The number of hydrogen-bond donors (Lipinski definition) is 0. The van der Waals surface area contributed by atoms with Gasteiger partial charge in [0.1, 0.15) is 13.2 Å². The normalized spacial score (nSPS) is 17.7. The van der Waals surface area contributed by atoms with E-state index in [0.29, 0.717) is 13.2 Å². The van der Waals surface area contributed by atoms with Gasteiger partial charge in [-0.2, -0.15) is 0 Å². The predicted octanol–water partition coefficient (Wildman–Crippen LogP) is 0.893. The second-order valence-electron chi connectivity index (χ2n) is 3.56. The molecular formula is C9H14O4. The van der Waals surface area contributed by atoms with Crippen LogP contribution in [-0.2, 0) is 19.1 Å².